The molecule has 1 saturated heterocycles. The minimum absolute atomic E-state index is 0.320. The van der Waals surface area contributed by atoms with Gasteiger partial charge in [0.05, 0.1) is 6.10 Å². The van der Waals surface area contributed by atoms with Gasteiger partial charge >= 0.3 is 0 Å². The Balaban J connectivity index is 1.80. The Kier molecular flexibility index (Phi) is 4.79. The van der Waals surface area contributed by atoms with Crippen LogP contribution in [0.5, 0.6) is 5.75 Å². The van der Waals surface area contributed by atoms with Gasteiger partial charge in [-0.25, -0.2) is 0 Å². The molecule has 0 amide bonds. The zero-order chi connectivity index (χ0) is 12.8. The Labute approximate surface area is 109 Å². The minimum atomic E-state index is 0.320. The van der Waals surface area contributed by atoms with Crippen LogP contribution in [0.2, 0.25) is 0 Å². The van der Waals surface area contributed by atoms with Gasteiger partial charge in [0.15, 0.2) is 0 Å². The summed E-state index contributed by atoms with van der Waals surface area (Å²) in [4.78, 5) is 0. The van der Waals surface area contributed by atoms with Crippen molar-refractivity contribution in [2.45, 2.75) is 32.0 Å². The van der Waals surface area contributed by atoms with E-state index in [1.165, 1.54) is 5.56 Å². The van der Waals surface area contributed by atoms with Gasteiger partial charge in [0, 0.05) is 19.2 Å². The second-order valence-electron chi connectivity index (χ2n) is 4.60. The largest absolute Gasteiger partial charge is 0.490 e. The Hall–Kier alpha value is -1.32. The summed E-state index contributed by atoms with van der Waals surface area (Å²) >= 11 is 0. The molecule has 0 spiro atoms. The molecule has 0 aliphatic carbocycles. The number of ether oxygens (including phenoxy) is 2. The van der Waals surface area contributed by atoms with E-state index in [9.17, 15) is 0 Å². The summed E-state index contributed by atoms with van der Waals surface area (Å²) in [5.74, 6) is 0.885. The maximum Gasteiger partial charge on any atom is 0.119 e. The summed E-state index contributed by atoms with van der Waals surface area (Å²) in [5, 5.41) is 3.53. The first kappa shape index (κ1) is 13.1. The molecule has 18 heavy (non-hydrogen) atoms. The fourth-order valence-corrected chi connectivity index (χ4v) is 2.11. The van der Waals surface area contributed by atoms with Crippen LogP contribution in [-0.4, -0.2) is 25.4 Å². The van der Waals surface area contributed by atoms with Gasteiger partial charge in [-0.3, -0.25) is 0 Å². The third-order valence-corrected chi connectivity index (χ3v) is 3.24. The van der Waals surface area contributed by atoms with Gasteiger partial charge in [-0.05, 0) is 31.0 Å². The molecule has 0 aromatic heterocycles. The van der Waals surface area contributed by atoms with Gasteiger partial charge < -0.3 is 14.8 Å². The number of hydrogen-bond acceptors (Lipinski definition) is 3. The molecule has 1 aliphatic rings. The van der Waals surface area contributed by atoms with Crippen LogP contribution in [0.3, 0.4) is 0 Å². The first-order valence-corrected chi connectivity index (χ1v) is 6.47. The van der Waals surface area contributed by atoms with E-state index < -0.39 is 0 Å². The molecule has 0 saturated carbocycles. The van der Waals surface area contributed by atoms with Crippen LogP contribution in [0, 0.1) is 0 Å². The van der Waals surface area contributed by atoms with Crippen molar-refractivity contribution in [1.29, 1.82) is 0 Å². The molecule has 1 heterocycles. The molecule has 98 valence electrons. The normalized spacial score (nSPS) is 22.9. The van der Waals surface area contributed by atoms with Crippen molar-refractivity contribution >= 4 is 0 Å². The van der Waals surface area contributed by atoms with Crippen molar-refractivity contribution in [3.8, 4) is 5.75 Å². The smallest absolute Gasteiger partial charge is 0.119 e. The van der Waals surface area contributed by atoms with Gasteiger partial charge in [0.1, 0.15) is 12.4 Å². The first-order chi connectivity index (χ1) is 8.79. The lowest BCUT2D eigenvalue weighted by Gasteiger charge is -2.16. The monoisotopic (exact) mass is 247 g/mol. The van der Waals surface area contributed by atoms with Crippen LogP contribution < -0.4 is 10.1 Å². The first-order valence-electron chi connectivity index (χ1n) is 6.47. The third-order valence-electron chi connectivity index (χ3n) is 3.24. The lowest BCUT2D eigenvalue weighted by molar-refractivity contribution is 0.113. The quantitative estimate of drug-likeness (QED) is 0.784. The van der Waals surface area contributed by atoms with Crippen molar-refractivity contribution < 1.29 is 9.47 Å². The minimum Gasteiger partial charge on any atom is -0.490 e. The zero-order valence-corrected chi connectivity index (χ0v) is 10.9. The van der Waals surface area contributed by atoms with E-state index in [-0.39, 0.29) is 0 Å². The van der Waals surface area contributed by atoms with Gasteiger partial charge in [0.25, 0.3) is 0 Å². The van der Waals surface area contributed by atoms with E-state index in [1.807, 2.05) is 12.1 Å². The predicted molar refractivity (Wildman–Crippen MR) is 72.8 cm³/mol. The highest BCUT2D eigenvalue weighted by molar-refractivity contribution is 5.27. The van der Waals surface area contributed by atoms with Crippen LogP contribution >= 0.6 is 0 Å². The van der Waals surface area contributed by atoms with Crippen molar-refractivity contribution in [2.75, 3.05) is 13.2 Å². The zero-order valence-electron chi connectivity index (χ0n) is 10.9. The fourth-order valence-electron chi connectivity index (χ4n) is 2.11. The highest BCUT2D eigenvalue weighted by atomic mass is 16.5. The molecule has 0 radical (unpaired) electrons. The third kappa shape index (κ3) is 3.59. The predicted octanol–water partition coefficient (Wildman–Crippen LogP) is 2.52. The number of benzene rings is 1. The van der Waals surface area contributed by atoms with Crippen molar-refractivity contribution in [2.24, 2.45) is 0 Å². The van der Waals surface area contributed by atoms with Gasteiger partial charge in [0.2, 0.25) is 0 Å². The van der Waals surface area contributed by atoms with Gasteiger partial charge in [-0.1, -0.05) is 24.8 Å². The Bertz CT molecular complexity index is 375. The second kappa shape index (κ2) is 6.57. The van der Waals surface area contributed by atoms with Gasteiger partial charge in [-0.2, -0.15) is 0 Å². The molecule has 3 heteroatoms. The summed E-state index contributed by atoms with van der Waals surface area (Å²) in [6, 6.07) is 8.64. The molecule has 2 rings (SSSR count). The molecule has 2 unspecified atom stereocenters. The average molecular weight is 247 g/mol. The summed E-state index contributed by atoms with van der Waals surface area (Å²) < 4.78 is 11.0. The number of rotatable bonds is 6. The van der Waals surface area contributed by atoms with Crippen molar-refractivity contribution in [3.63, 3.8) is 0 Å². The van der Waals surface area contributed by atoms with Crippen molar-refractivity contribution in [1.82, 2.24) is 5.32 Å². The molecular weight excluding hydrogens is 226 g/mol. The topological polar surface area (TPSA) is 30.5 Å². The van der Waals surface area contributed by atoms with E-state index in [1.54, 1.807) is 6.08 Å². The highest BCUT2D eigenvalue weighted by Gasteiger charge is 2.23. The SMILES string of the molecule is C=CCOc1ccc(CNC2CCOC2C)cc1. The Morgan fingerprint density at radius 3 is 2.83 bits per heavy atom. The maximum atomic E-state index is 5.53. The van der Waals surface area contributed by atoms with Crippen LogP contribution in [0.25, 0.3) is 0 Å². The summed E-state index contributed by atoms with van der Waals surface area (Å²) in [6.45, 7) is 8.04. The molecular formula is C15H21NO2. The average Bonchev–Trinajstić information content (AvgIpc) is 2.81. The lowest BCUT2D eigenvalue weighted by atomic mass is 10.1. The fraction of sp³-hybridized carbons (Fsp3) is 0.467. The second-order valence-corrected chi connectivity index (χ2v) is 4.60. The molecule has 1 fully saturated rings. The summed E-state index contributed by atoms with van der Waals surface area (Å²) in [5.41, 5.74) is 1.26. The van der Waals surface area contributed by atoms with Crippen molar-refractivity contribution in [3.05, 3.63) is 42.5 Å². The van der Waals surface area contributed by atoms with Crippen LogP contribution in [0.15, 0.2) is 36.9 Å². The lowest BCUT2D eigenvalue weighted by Crippen LogP contribution is -2.34. The molecule has 1 aromatic carbocycles. The summed E-state index contributed by atoms with van der Waals surface area (Å²) in [6.07, 6.45) is 3.17. The molecule has 1 aromatic rings. The van der Waals surface area contributed by atoms with E-state index in [2.05, 4.69) is 31.0 Å². The standard InChI is InChI=1S/C15H21NO2/c1-3-9-18-14-6-4-13(5-7-14)11-16-15-8-10-17-12(15)2/h3-7,12,15-16H,1,8-11H2,2H3. The molecule has 2 atom stereocenters. The van der Waals surface area contributed by atoms with E-state index in [0.717, 1.165) is 25.3 Å². The molecule has 1 aliphatic heterocycles. The Morgan fingerprint density at radius 2 is 2.22 bits per heavy atom. The van der Waals surface area contributed by atoms with E-state index >= 15 is 0 Å². The van der Waals surface area contributed by atoms with E-state index in [4.69, 9.17) is 9.47 Å². The maximum absolute atomic E-state index is 5.53. The molecule has 0 bridgehead atoms. The number of hydrogen-bond donors (Lipinski definition) is 1. The van der Waals surface area contributed by atoms with Crippen LogP contribution in [-0.2, 0) is 11.3 Å². The Morgan fingerprint density at radius 1 is 1.44 bits per heavy atom. The van der Waals surface area contributed by atoms with Crippen LogP contribution in [0.1, 0.15) is 18.9 Å². The molecule has 1 N–H and O–H groups in total. The van der Waals surface area contributed by atoms with Gasteiger partial charge in [-0.15, -0.1) is 0 Å². The van der Waals surface area contributed by atoms with E-state index in [0.29, 0.717) is 18.8 Å². The molecule has 3 nitrogen and oxygen atoms in total. The summed E-state index contributed by atoms with van der Waals surface area (Å²) in [7, 11) is 0. The number of nitrogens with one attached hydrogen (secondary N) is 1. The highest BCUT2D eigenvalue weighted by Crippen LogP contribution is 2.15. The van der Waals surface area contributed by atoms with Crippen LogP contribution in [0.4, 0.5) is 0 Å².